The molecule has 0 bridgehead atoms. The summed E-state index contributed by atoms with van der Waals surface area (Å²) in [5.41, 5.74) is 6.87. The van der Waals surface area contributed by atoms with Gasteiger partial charge in [-0.05, 0) is 0 Å². The van der Waals surface area contributed by atoms with Gasteiger partial charge in [0.15, 0.2) is 0 Å². The molecule has 2 aromatic rings. The Balaban J connectivity index is 2.85. The fourth-order valence-electron chi connectivity index (χ4n) is 0.966. The molecule has 9 heteroatoms. The van der Waals surface area contributed by atoms with Crippen LogP contribution in [0.15, 0.2) is 6.33 Å². The number of nitrogen functional groups attached to an aromatic ring is 1. The molecule has 0 fully saturated rings. The number of imidazole rings is 1. The van der Waals surface area contributed by atoms with Gasteiger partial charge in [0.1, 0.15) is 0 Å². The molecule has 0 spiro atoms. The molecule has 14 heavy (non-hydrogen) atoms. The number of hydrogen-bond donors (Lipinski definition) is 2. The summed E-state index contributed by atoms with van der Waals surface area (Å²) in [6.45, 7) is 0. The van der Waals surface area contributed by atoms with E-state index in [1.165, 1.54) is 0 Å². The molecule has 0 aliphatic heterocycles. The maximum absolute atomic E-state index is 5.87. The van der Waals surface area contributed by atoms with Crippen molar-refractivity contribution < 1.29 is 15.5 Å². The summed E-state index contributed by atoms with van der Waals surface area (Å²) >= 11 is 0.627. The van der Waals surface area contributed by atoms with Gasteiger partial charge in [-0.3, -0.25) is 0 Å². The SMILES string of the molecule is Nc1nc2c(nc[n]2[Pt]([Cl])[Cl])c(=[Se])[nH]1. The molecule has 0 unspecified atom stereocenters. The predicted molar refractivity (Wildman–Crippen MR) is 52.4 cm³/mol. The molecule has 2 heterocycles. The molecule has 79 valence electrons. The van der Waals surface area contributed by atoms with Crippen molar-refractivity contribution in [2.75, 3.05) is 5.73 Å². The summed E-state index contributed by atoms with van der Waals surface area (Å²) in [5, 5.41) is 0. The van der Waals surface area contributed by atoms with E-state index < -0.39 is 15.5 Å². The summed E-state index contributed by atoms with van der Waals surface area (Å²) in [7, 11) is 11.7. The number of fused-ring (bicyclic) bond motifs is 1. The zero-order chi connectivity index (χ0) is 10.3. The Morgan fingerprint density at radius 3 is 2.93 bits per heavy atom. The number of nitrogens with two attached hydrogens (primary N) is 1. The Bertz CT molecular complexity index is 534. The van der Waals surface area contributed by atoms with E-state index in [-0.39, 0.29) is 0 Å². The Morgan fingerprint density at radius 1 is 1.57 bits per heavy atom. The third-order valence-electron chi connectivity index (χ3n) is 1.48. The molecule has 0 radical (unpaired) electrons. The van der Waals surface area contributed by atoms with Gasteiger partial charge < -0.3 is 0 Å². The molecule has 0 amide bonds. The van der Waals surface area contributed by atoms with Crippen LogP contribution in [0.4, 0.5) is 5.95 Å². The van der Waals surface area contributed by atoms with Gasteiger partial charge in [-0.15, -0.1) is 0 Å². The van der Waals surface area contributed by atoms with E-state index in [1.807, 2.05) is 0 Å². The second-order valence-corrected chi connectivity index (χ2v) is 10.1. The normalized spacial score (nSPS) is 12.0. The number of hydrogen-bond acceptors (Lipinski definition) is 3. The molecule has 0 aliphatic carbocycles. The molecule has 0 saturated carbocycles. The van der Waals surface area contributed by atoms with Crippen LogP contribution in [-0.2, 0) is 15.5 Å². The van der Waals surface area contributed by atoms with E-state index in [4.69, 9.17) is 24.6 Å². The third kappa shape index (κ3) is 1.77. The minimum atomic E-state index is -2.19. The van der Waals surface area contributed by atoms with Crippen molar-refractivity contribution >= 4 is 51.5 Å². The van der Waals surface area contributed by atoms with Crippen LogP contribution in [0, 0.1) is 4.19 Å². The van der Waals surface area contributed by atoms with E-state index in [0.717, 1.165) is 4.19 Å². The van der Waals surface area contributed by atoms with Crippen LogP contribution in [0.5, 0.6) is 0 Å². The van der Waals surface area contributed by atoms with Gasteiger partial charge in [0.05, 0.1) is 0 Å². The number of nitrogens with one attached hydrogen (secondary N) is 1. The van der Waals surface area contributed by atoms with Crippen molar-refractivity contribution in [3.63, 3.8) is 0 Å². The number of halogens is 2. The number of anilines is 1. The first-order chi connectivity index (χ1) is 6.59. The molecule has 0 saturated heterocycles. The van der Waals surface area contributed by atoms with E-state index in [1.54, 1.807) is 9.45 Å². The fraction of sp³-hybridized carbons (Fsp3) is 0. The molecule has 5 nitrogen and oxygen atoms in total. The summed E-state index contributed by atoms with van der Waals surface area (Å²) in [6.07, 6.45) is 1.58. The standard InChI is InChI=1S/C5H5N5Se.2ClH.Pt/c6-5-9-3-2(4(11)10-5)7-1-8-3;;;/h1H,(H4,6,7,8,9,10,11);2*1H;/q;;;+3/p-3. The number of aromatic amines is 1. The Labute approximate surface area is 101 Å². The summed E-state index contributed by atoms with van der Waals surface area (Å²) in [6, 6.07) is 0. The van der Waals surface area contributed by atoms with Crippen molar-refractivity contribution in [3.05, 3.63) is 10.5 Å². The fourth-order valence-corrected chi connectivity index (χ4v) is 3.82. The summed E-state index contributed by atoms with van der Waals surface area (Å²) in [5.74, 6) is 0.305. The molecule has 2 rings (SSSR count). The van der Waals surface area contributed by atoms with Crippen LogP contribution in [-0.4, -0.2) is 33.7 Å². The van der Waals surface area contributed by atoms with Crippen LogP contribution < -0.4 is 5.73 Å². The first-order valence-electron chi connectivity index (χ1n) is 3.28. The van der Waals surface area contributed by atoms with E-state index in [0.29, 0.717) is 17.1 Å². The van der Waals surface area contributed by atoms with Crippen molar-refractivity contribution in [2.24, 2.45) is 0 Å². The Hall–Kier alpha value is 0.138. The van der Waals surface area contributed by atoms with E-state index in [2.05, 4.69) is 30.5 Å². The van der Waals surface area contributed by atoms with Crippen LogP contribution in [0.3, 0.4) is 0 Å². The van der Waals surface area contributed by atoms with E-state index in [9.17, 15) is 0 Å². The van der Waals surface area contributed by atoms with Gasteiger partial charge in [0.2, 0.25) is 0 Å². The van der Waals surface area contributed by atoms with Crippen LogP contribution >= 0.6 is 18.8 Å². The zero-order valence-corrected chi connectivity index (χ0v) is 12.0. The third-order valence-corrected chi connectivity index (χ3v) is 5.56. The van der Waals surface area contributed by atoms with Crippen LogP contribution in [0.25, 0.3) is 11.2 Å². The molecule has 0 atom stereocenters. The first kappa shape index (κ1) is 10.6. The van der Waals surface area contributed by atoms with Gasteiger partial charge in [-0.2, -0.15) is 0 Å². The second-order valence-electron chi connectivity index (χ2n) is 2.30. The predicted octanol–water partition coefficient (Wildman–Crippen LogP) is 0.731. The van der Waals surface area contributed by atoms with Crippen molar-refractivity contribution in [2.45, 2.75) is 0 Å². The number of nitrogens with zero attached hydrogens (tertiary/aromatic N) is 3. The van der Waals surface area contributed by atoms with Crippen molar-refractivity contribution in [1.82, 2.24) is 18.1 Å². The number of rotatable bonds is 1. The Kier molecular flexibility index (Phi) is 3.00. The minimum absolute atomic E-state index is 0.305. The van der Waals surface area contributed by atoms with Gasteiger partial charge in [-0.1, -0.05) is 0 Å². The van der Waals surface area contributed by atoms with E-state index >= 15 is 0 Å². The quantitative estimate of drug-likeness (QED) is 0.593. The number of H-pyrrole nitrogens is 1. The van der Waals surface area contributed by atoms with Crippen LogP contribution in [0.2, 0.25) is 0 Å². The molecule has 2 aromatic heterocycles. The summed E-state index contributed by atoms with van der Waals surface area (Å²) < 4.78 is 2.41. The second kappa shape index (κ2) is 3.95. The molecular weight excluding hydrogens is 475 g/mol. The van der Waals surface area contributed by atoms with Crippen molar-refractivity contribution in [3.8, 4) is 0 Å². The summed E-state index contributed by atoms with van der Waals surface area (Å²) in [4.78, 5) is 11.1. The topological polar surface area (TPSA) is 72.5 Å². The molecule has 0 aromatic carbocycles. The molecule has 3 N–H and O–H groups in total. The molecule has 0 aliphatic rings. The van der Waals surface area contributed by atoms with Gasteiger partial charge in [0.25, 0.3) is 0 Å². The van der Waals surface area contributed by atoms with Crippen LogP contribution in [0.1, 0.15) is 0 Å². The average Bonchev–Trinajstić information content (AvgIpc) is 2.47. The Morgan fingerprint density at radius 2 is 2.29 bits per heavy atom. The average molecular weight is 479 g/mol. The van der Waals surface area contributed by atoms with Crippen molar-refractivity contribution in [1.29, 1.82) is 0 Å². The van der Waals surface area contributed by atoms with Gasteiger partial charge in [0, 0.05) is 0 Å². The first-order valence-corrected chi connectivity index (χ1v) is 10.8. The monoisotopic (exact) mass is 479 g/mol. The van der Waals surface area contributed by atoms with Gasteiger partial charge in [-0.25, -0.2) is 0 Å². The number of aromatic nitrogens is 4. The van der Waals surface area contributed by atoms with Gasteiger partial charge >= 0.3 is 101 Å². The zero-order valence-electron chi connectivity index (χ0n) is 6.48. The molecular formula is C5H4Cl2N5PtSe. The maximum atomic E-state index is 5.87.